The summed E-state index contributed by atoms with van der Waals surface area (Å²) in [6.45, 7) is 5.30. The summed E-state index contributed by atoms with van der Waals surface area (Å²) in [6.07, 6.45) is 1.68. The molecular formula is C10H14N2O. The molecule has 70 valence electrons. The molecule has 1 aromatic heterocycles. The van der Waals surface area contributed by atoms with Gasteiger partial charge in [-0.05, 0) is 25.5 Å². The molecule has 0 radical (unpaired) electrons. The third-order valence-corrected chi connectivity index (χ3v) is 1.92. The van der Waals surface area contributed by atoms with Crippen molar-refractivity contribution in [1.82, 2.24) is 5.32 Å². The van der Waals surface area contributed by atoms with Crippen LogP contribution in [0.5, 0.6) is 0 Å². The quantitative estimate of drug-likeness (QED) is 0.765. The summed E-state index contributed by atoms with van der Waals surface area (Å²) < 4.78 is 5.23. The highest BCUT2D eigenvalue weighted by atomic mass is 16.3. The first-order chi connectivity index (χ1) is 6.24. The van der Waals surface area contributed by atoms with Gasteiger partial charge in [-0.2, -0.15) is 5.26 Å². The highest BCUT2D eigenvalue weighted by molar-refractivity contribution is 5.14. The fraction of sp³-hybridized carbons (Fsp3) is 0.500. The minimum Gasteiger partial charge on any atom is -0.468 e. The number of nitrogens with zero attached hydrogens (tertiary/aromatic N) is 1. The number of aryl methyl sites for hydroxylation is 1. The first-order valence-electron chi connectivity index (χ1n) is 4.37. The van der Waals surface area contributed by atoms with Gasteiger partial charge in [0.25, 0.3) is 0 Å². The van der Waals surface area contributed by atoms with Gasteiger partial charge >= 0.3 is 0 Å². The summed E-state index contributed by atoms with van der Waals surface area (Å²) >= 11 is 0. The zero-order chi connectivity index (χ0) is 9.68. The number of hydrogen-bond acceptors (Lipinski definition) is 3. The van der Waals surface area contributed by atoms with Crippen molar-refractivity contribution in [2.24, 2.45) is 5.92 Å². The van der Waals surface area contributed by atoms with Crippen LogP contribution in [0.4, 0.5) is 0 Å². The Morgan fingerprint density at radius 1 is 1.69 bits per heavy atom. The van der Waals surface area contributed by atoms with E-state index in [2.05, 4.69) is 11.4 Å². The fourth-order valence-electron chi connectivity index (χ4n) is 1.03. The smallest absolute Gasteiger partial charge is 0.120 e. The third-order valence-electron chi connectivity index (χ3n) is 1.92. The number of nitrogens with one attached hydrogen (secondary N) is 1. The average Bonchev–Trinajstić information content (AvgIpc) is 2.52. The van der Waals surface area contributed by atoms with Crippen molar-refractivity contribution in [1.29, 1.82) is 5.26 Å². The minimum atomic E-state index is 0.0512. The molecule has 0 spiro atoms. The molecule has 0 aliphatic heterocycles. The van der Waals surface area contributed by atoms with Gasteiger partial charge in [0.05, 0.1) is 24.8 Å². The van der Waals surface area contributed by atoms with Gasteiger partial charge in [-0.3, -0.25) is 0 Å². The normalized spacial score (nSPS) is 12.4. The molecule has 0 aliphatic rings. The van der Waals surface area contributed by atoms with Gasteiger partial charge in [0.1, 0.15) is 5.76 Å². The molecule has 0 fully saturated rings. The monoisotopic (exact) mass is 178 g/mol. The zero-order valence-electron chi connectivity index (χ0n) is 8.00. The molecule has 3 heteroatoms. The maximum atomic E-state index is 8.53. The molecule has 0 aromatic carbocycles. The molecule has 3 nitrogen and oxygen atoms in total. The van der Waals surface area contributed by atoms with E-state index >= 15 is 0 Å². The lowest BCUT2D eigenvalue weighted by Crippen LogP contribution is -2.19. The maximum Gasteiger partial charge on any atom is 0.120 e. The largest absolute Gasteiger partial charge is 0.468 e. The highest BCUT2D eigenvalue weighted by Gasteiger charge is 2.02. The van der Waals surface area contributed by atoms with Gasteiger partial charge in [0.15, 0.2) is 0 Å². The molecule has 13 heavy (non-hydrogen) atoms. The van der Waals surface area contributed by atoms with E-state index in [1.54, 1.807) is 6.26 Å². The molecule has 0 saturated carbocycles. The van der Waals surface area contributed by atoms with Crippen molar-refractivity contribution >= 4 is 0 Å². The van der Waals surface area contributed by atoms with Crippen molar-refractivity contribution in [3.63, 3.8) is 0 Å². The Hall–Kier alpha value is -1.27. The van der Waals surface area contributed by atoms with E-state index in [9.17, 15) is 0 Å². The Kier molecular flexibility index (Phi) is 3.53. The van der Waals surface area contributed by atoms with Crippen LogP contribution in [0.25, 0.3) is 0 Å². The molecule has 1 heterocycles. The highest BCUT2D eigenvalue weighted by Crippen LogP contribution is 2.07. The average molecular weight is 178 g/mol. The fourth-order valence-corrected chi connectivity index (χ4v) is 1.03. The molecule has 0 amide bonds. The Balaban J connectivity index is 2.29. The van der Waals surface area contributed by atoms with E-state index in [4.69, 9.17) is 9.68 Å². The lowest BCUT2D eigenvalue weighted by atomic mass is 10.2. The number of furan rings is 1. The molecule has 1 aromatic rings. The predicted molar refractivity (Wildman–Crippen MR) is 49.9 cm³/mol. The standard InChI is InChI=1S/C10H14N2O/c1-8(5-11)6-12-7-10-9(2)3-4-13-10/h3-4,8,12H,6-7H2,1-2H3. The SMILES string of the molecule is Cc1ccoc1CNCC(C)C#N. The van der Waals surface area contributed by atoms with Crippen LogP contribution in [0.2, 0.25) is 0 Å². The summed E-state index contributed by atoms with van der Waals surface area (Å²) in [5.74, 6) is 1.00. The van der Waals surface area contributed by atoms with Crippen molar-refractivity contribution in [3.05, 3.63) is 23.7 Å². The molecule has 1 rings (SSSR count). The second kappa shape index (κ2) is 4.68. The van der Waals surface area contributed by atoms with Gasteiger partial charge in [-0.1, -0.05) is 0 Å². The molecular weight excluding hydrogens is 164 g/mol. The van der Waals surface area contributed by atoms with Gasteiger partial charge in [0.2, 0.25) is 0 Å². The molecule has 0 aliphatic carbocycles. The molecule has 1 N–H and O–H groups in total. The topological polar surface area (TPSA) is 49.0 Å². The second-order valence-electron chi connectivity index (χ2n) is 3.19. The van der Waals surface area contributed by atoms with Gasteiger partial charge in [-0.25, -0.2) is 0 Å². The summed E-state index contributed by atoms with van der Waals surface area (Å²) in [7, 11) is 0. The first-order valence-corrected chi connectivity index (χ1v) is 4.37. The predicted octanol–water partition coefficient (Wildman–Crippen LogP) is 1.84. The van der Waals surface area contributed by atoms with Crippen LogP contribution in [0.15, 0.2) is 16.7 Å². The van der Waals surface area contributed by atoms with Crippen LogP contribution < -0.4 is 5.32 Å². The Morgan fingerprint density at radius 3 is 3.00 bits per heavy atom. The first kappa shape index (κ1) is 9.82. The molecule has 0 bridgehead atoms. The van der Waals surface area contributed by atoms with Crippen LogP contribution in [-0.4, -0.2) is 6.54 Å². The van der Waals surface area contributed by atoms with Crippen LogP contribution in [-0.2, 0) is 6.54 Å². The van der Waals surface area contributed by atoms with E-state index in [0.29, 0.717) is 13.1 Å². The van der Waals surface area contributed by atoms with Gasteiger partial charge in [-0.15, -0.1) is 0 Å². The number of nitriles is 1. The van der Waals surface area contributed by atoms with Crippen LogP contribution in [0.3, 0.4) is 0 Å². The summed E-state index contributed by atoms with van der Waals surface area (Å²) in [4.78, 5) is 0. The van der Waals surface area contributed by atoms with Crippen molar-refractivity contribution in [2.45, 2.75) is 20.4 Å². The van der Waals surface area contributed by atoms with Crippen molar-refractivity contribution < 1.29 is 4.42 Å². The van der Waals surface area contributed by atoms with E-state index in [0.717, 1.165) is 11.3 Å². The molecule has 0 saturated heterocycles. The van der Waals surface area contributed by atoms with E-state index in [-0.39, 0.29) is 5.92 Å². The molecule has 1 unspecified atom stereocenters. The van der Waals surface area contributed by atoms with Crippen LogP contribution in [0, 0.1) is 24.2 Å². The zero-order valence-corrected chi connectivity index (χ0v) is 8.00. The van der Waals surface area contributed by atoms with Gasteiger partial charge in [0, 0.05) is 6.54 Å². The summed E-state index contributed by atoms with van der Waals surface area (Å²) in [6, 6.07) is 4.10. The van der Waals surface area contributed by atoms with Crippen molar-refractivity contribution in [3.8, 4) is 6.07 Å². The number of hydrogen-bond donors (Lipinski definition) is 1. The lowest BCUT2D eigenvalue weighted by Gasteiger charge is -2.03. The van der Waals surface area contributed by atoms with Crippen molar-refractivity contribution in [2.75, 3.05) is 6.54 Å². The summed E-state index contributed by atoms with van der Waals surface area (Å²) in [5, 5.41) is 11.7. The Bertz CT molecular complexity index is 298. The Morgan fingerprint density at radius 2 is 2.46 bits per heavy atom. The number of rotatable bonds is 4. The van der Waals surface area contributed by atoms with Crippen LogP contribution in [0.1, 0.15) is 18.2 Å². The summed E-state index contributed by atoms with van der Waals surface area (Å²) in [5.41, 5.74) is 1.15. The van der Waals surface area contributed by atoms with E-state index in [1.807, 2.05) is 19.9 Å². The molecule has 1 atom stereocenters. The maximum absolute atomic E-state index is 8.53. The van der Waals surface area contributed by atoms with E-state index < -0.39 is 0 Å². The van der Waals surface area contributed by atoms with E-state index in [1.165, 1.54) is 0 Å². The Labute approximate surface area is 78.4 Å². The second-order valence-corrected chi connectivity index (χ2v) is 3.19. The van der Waals surface area contributed by atoms with Gasteiger partial charge < -0.3 is 9.73 Å². The minimum absolute atomic E-state index is 0.0512. The lowest BCUT2D eigenvalue weighted by molar-refractivity contribution is 0.471. The third kappa shape index (κ3) is 2.92. The van der Waals surface area contributed by atoms with Crippen LogP contribution >= 0.6 is 0 Å².